The molecule has 0 radical (unpaired) electrons. The number of rotatable bonds is 12. The number of carbonyl (C=O) groups is 1. The second kappa shape index (κ2) is 14.1. The second-order valence-electron chi connectivity index (χ2n) is 10.1. The highest BCUT2D eigenvalue weighted by atomic mass is 32.2. The van der Waals surface area contributed by atoms with Crippen LogP contribution >= 0.6 is 35.3 Å². The normalized spacial score (nSPS) is 15.1. The predicted molar refractivity (Wildman–Crippen MR) is 162 cm³/mol. The van der Waals surface area contributed by atoms with Crippen molar-refractivity contribution in [2.45, 2.75) is 66.7 Å². The van der Waals surface area contributed by atoms with Gasteiger partial charge in [-0.15, -0.1) is 23.5 Å². The fourth-order valence-electron chi connectivity index (χ4n) is 4.30. The van der Waals surface area contributed by atoms with Crippen molar-refractivity contribution >= 4 is 58.0 Å². The quantitative estimate of drug-likeness (QED) is 0.199. The van der Waals surface area contributed by atoms with Gasteiger partial charge >= 0.3 is 0 Å². The Morgan fingerprint density at radius 2 is 1.74 bits per heavy atom. The van der Waals surface area contributed by atoms with Crippen molar-refractivity contribution < 1.29 is 9.21 Å². The summed E-state index contributed by atoms with van der Waals surface area (Å²) in [4.78, 5) is 28.2. The molecule has 0 spiro atoms. The second-order valence-corrected chi connectivity index (χ2v) is 14.3. The van der Waals surface area contributed by atoms with E-state index in [1.54, 1.807) is 35.3 Å². The summed E-state index contributed by atoms with van der Waals surface area (Å²) in [6.07, 6.45) is 1.08. The van der Waals surface area contributed by atoms with Crippen molar-refractivity contribution in [3.05, 3.63) is 36.0 Å². The van der Waals surface area contributed by atoms with Crippen LogP contribution in [0.15, 0.2) is 49.9 Å². The lowest BCUT2D eigenvalue weighted by molar-refractivity contribution is -0.117. The van der Waals surface area contributed by atoms with Gasteiger partial charge in [-0.1, -0.05) is 51.6 Å². The number of para-hydroxylation sites is 2. The van der Waals surface area contributed by atoms with Gasteiger partial charge in [0.1, 0.15) is 10.5 Å². The summed E-state index contributed by atoms with van der Waals surface area (Å²) in [5.41, 5.74) is 3.61. The zero-order chi connectivity index (χ0) is 27.1. The van der Waals surface area contributed by atoms with Crippen molar-refractivity contribution in [2.75, 3.05) is 50.3 Å². The summed E-state index contributed by atoms with van der Waals surface area (Å²) in [6, 6.07) is 9.97. The van der Waals surface area contributed by atoms with Gasteiger partial charge in [-0.05, 0) is 38.1 Å². The zero-order valence-electron chi connectivity index (χ0n) is 23.0. The van der Waals surface area contributed by atoms with E-state index in [0.29, 0.717) is 17.0 Å². The SMILES string of the molecule is Cc1cc(SC(C)C)c(NC(=O)CN2CCN(CCCSc3nc4ccccc4o3)CC2)c(SC(C)C)n1. The highest BCUT2D eigenvalue weighted by molar-refractivity contribution is 8.01. The maximum atomic E-state index is 13.1. The molecule has 0 aliphatic carbocycles. The van der Waals surface area contributed by atoms with E-state index in [1.807, 2.05) is 31.2 Å². The number of thioether (sulfide) groups is 3. The number of carbonyl (C=O) groups excluding carboxylic acids is 1. The smallest absolute Gasteiger partial charge is 0.256 e. The highest BCUT2D eigenvalue weighted by Crippen LogP contribution is 2.38. The zero-order valence-corrected chi connectivity index (χ0v) is 25.5. The first-order chi connectivity index (χ1) is 18.3. The van der Waals surface area contributed by atoms with Gasteiger partial charge < -0.3 is 14.6 Å². The highest BCUT2D eigenvalue weighted by Gasteiger charge is 2.22. The number of fused-ring (bicyclic) bond motifs is 1. The molecular formula is C28H39N5O2S3. The molecule has 2 aromatic heterocycles. The van der Waals surface area contributed by atoms with Gasteiger partial charge in [-0.3, -0.25) is 9.69 Å². The lowest BCUT2D eigenvalue weighted by atomic mass is 10.3. The summed E-state index contributed by atoms with van der Waals surface area (Å²) >= 11 is 5.16. The molecule has 206 valence electrons. The molecule has 38 heavy (non-hydrogen) atoms. The number of benzene rings is 1. The monoisotopic (exact) mass is 573 g/mol. The Hall–Kier alpha value is -1.72. The Labute approximate surface area is 239 Å². The lowest BCUT2D eigenvalue weighted by Gasteiger charge is -2.34. The molecule has 1 aromatic carbocycles. The van der Waals surface area contributed by atoms with E-state index in [2.05, 4.69) is 53.9 Å². The number of anilines is 1. The van der Waals surface area contributed by atoms with Crippen LogP contribution in [0.5, 0.6) is 0 Å². The standard InChI is InChI=1S/C28H39N5O2S3/c1-19(2)37-24-17-21(5)29-27(38-20(3)4)26(24)31-25(34)18-33-14-12-32(13-15-33)11-8-16-36-28-30-22-9-6-7-10-23(22)35-28/h6-7,9-10,17,19-20H,8,11-16,18H2,1-5H3,(H,31,34). The van der Waals surface area contributed by atoms with Crippen LogP contribution < -0.4 is 5.32 Å². The number of nitrogens with one attached hydrogen (secondary N) is 1. The molecule has 1 aliphatic rings. The predicted octanol–water partition coefficient (Wildman–Crippen LogP) is 6.27. The molecule has 1 saturated heterocycles. The molecule has 7 nitrogen and oxygen atoms in total. The summed E-state index contributed by atoms with van der Waals surface area (Å²) in [7, 11) is 0. The molecule has 3 heterocycles. The third-order valence-electron chi connectivity index (χ3n) is 6.00. The minimum absolute atomic E-state index is 0.0371. The summed E-state index contributed by atoms with van der Waals surface area (Å²) in [5, 5.41) is 5.70. The van der Waals surface area contributed by atoms with E-state index in [0.717, 1.165) is 82.5 Å². The number of piperazine rings is 1. The van der Waals surface area contributed by atoms with Crippen LogP contribution in [0.4, 0.5) is 5.69 Å². The Balaban J connectivity index is 1.22. The molecule has 4 rings (SSSR count). The van der Waals surface area contributed by atoms with Crippen molar-refractivity contribution in [1.82, 2.24) is 19.8 Å². The number of aromatic nitrogens is 2. The van der Waals surface area contributed by atoms with Crippen LogP contribution in [0, 0.1) is 6.92 Å². The van der Waals surface area contributed by atoms with E-state index in [4.69, 9.17) is 9.40 Å². The van der Waals surface area contributed by atoms with E-state index >= 15 is 0 Å². The number of hydrogen-bond donors (Lipinski definition) is 1. The molecule has 1 amide bonds. The van der Waals surface area contributed by atoms with Crippen molar-refractivity contribution in [3.63, 3.8) is 0 Å². The van der Waals surface area contributed by atoms with Gasteiger partial charge in [0.25, 0.3) is 5.22 Å². The van der Waals surface area contributed by atoms with Crippen molar-refractivity contribution in [1.29, 1.82) is 0 Å². The topological polar surface area (TPSA) is 74.5 Å². The van der Waals surface area contributed by atoms with Crippen LogP contribution in [0.25, 0.3) is 11.1 Å². The number of pyridine rings is 1. The van der Waals surface area contributed by atoms with Crippen molar-refractivity contribution in [3.8, 4) is 0 Å². The van der Waals surface area contributed by atoms with Gasteiger partial charge in [0.15, 0.2) is 5.58 Å². The first-order valence-electron chi connectivity index (χ1n) is 13.3. The maximum Gasteiger partial charge on any atom is 0.256 e. The number of hydrogen-bond acceptors (Lipinski definition) is 9. The van der Waals surface area contributed by atoms with E-state index in [9.17, 15) is 4.79 Å². The first kappa shape index (κ1) is 29.3. The molecule has 0 unspecified atom stereocenters. The summed E-state index contributed by atoms with van der Waals surface area (Å²) < 4.78 is 5.80. The average Bonchev–Trinajstić information content (AvgIpc) is 3.27. The van der Waals surface area contributed by atoms with Crippen LogP contribution in [0.3, 0.4) is 0 Å². The van der Waals surface area contributed by atoms with Crippen LogP contribution in [-0.2, 0) is 4.79 Å². The minimum atomic E-state index is 0.0371. The molecule has 0 saturated carbocycles. The number of nitrogens with zero attached hydrogens (tertiary/aromatic N) is 4. The number of aryl methyl sites for hydroxylation is 1. The van der Waals surface area contributed by atoms with Crippen LogP contribution in [0.1, 0.15) is 39.8 Å². The Bertz CT molecular complexity index is 1140. The van der Waals surface area contributed by atoms with Gasteiger partial charge in [-0.2, -0.15) is 0 Å². The first-order valence-corrected chi connectivity index (χ1v) is 16.1. The molecule has 10 heteroatoms. The minimum Gasteiger partial charge on any atom is -0.431 e. The third-order valence-corrected chi connectivity index (χ3v) is 8.95. The van der Waals surface area contributed by atoms with Crippen molar-refractivity contribution in [2.24, 2.45) is 0 Å². The maximum absolute atomic E-state index is 13.1. The van der Waals surface area contributed by atoms with Gasteiger partial charge in [0.2, 0.25) is 5.91 Å². The lowest BCUT2D eigenvalue weighted by Crippen LogP contribution is -2.48. The summed E-state index contributed by atoms with van der Waals surface area (Å²) in [5.74, 6) is 1.02. The third kappa shape index (κ3) is 8.64. The molecule has 0 atom stereocenters. The molecule has 1 aliphatic heterocycles. The van der Waals surface area contributed by atoms with Gasteiger partial charge in [0, 0.05) is 53.0 Å². The summed E-state index contributed by atoms with van der Waals surface area (Å²) in [6.45, 7) is 15.9. The largest absolute Gasteiger partial charge is 0.431 e. The Kier molecular flexibility index (Phi) is 10.8. The van der Waals surface area contributed by atoms with Crippen LogP contribution in [-0.4, -0.2) is 81.2 Å². The molecule has 1 fully saturated rings. The molecule has 3 aromatic rings. The van der Waals surface area contributed by atoms with E-state index in [1.165, 1.54) is 0 Å². The fraction of sp³-hybridized carbons (Fsp3) is 0.536. The fourth-order valence-corrected chi connectivity index (χ4v) is 7.06. The van der Waals surface area contributed by atoms with E-state index in [-0.39, 0.29) is 5.91 Å². The average molecular weight is 574 g/mol. The van der Waals surface area contributed by atoms with Crippen LogP contribution in [0.2, 0.25) is 0 Å². The number of amides is 1. The molecular weight excluding hydrogens is 535 g/mol. The number of oxazole rings is 1. The van der Waals surface area contributed by atoms with Gasteiger partial charge in [-0.25, -0.2) is 9.97 Å². The van der Waals surface area contributed by atoms with Gasteiger partial charge in [0.05, 0.1) is 12.2 Å². The Morgan fingerprint density at radius 1 is 1.03 bits per heavy atom. The Morgan fingerprint density at radius 3 is 2.45 bits per heavy atom. The van der Waals surface area contributed by atoms with E-state index < -0.39 is 0 Å². The molecule has 1 N–H and O–H groups in total. The molecule has 0 bridgehead atoms.